The summed E-state index contributed by atoms with van der Waals surface area (Å²) in [5.74, 6) is 2.34. The van der Waals surface area contributed by atoms with Crippen molar-refractivity contribution in [2.24, 2.45) is 4.99 Å². The lowest BCUT2D eigenvalue weighted by Crippen LogP contribution is -2.52. The minimum Gasteiger partial charge on any atom is -0.495 e. The number of hydrogen-bond donors (Lipinski definition) is 1. The van der Waals surface area contributed by atoms with E-state index in [1.54, 1.807) is 7.11 Å². The molecule has 0 bridgehead atoms. The Morgan fingerprint density at radius 3 is 2.40 bits per heavy atom. The standard InChI is InChI=1S/C22H30N4O2S.HI/c1-3-23-22(24-13-18-29(27)19-9-5-4-6-10-19)26-16-14-25(15-17-26)20-11-7-8-12-21(20)28-2;/h4-12H,3,13-18H2,1-2H3,(H,23,24);1H. The predicted molar refractivity (Wildman–Crippen MR) is 136 cm³/mol. The lowest BCUT2D eigenvalue weighted by Gasteiger charge is -2.38. The zero-order chi connectivity index (χ0) is 20.5. The van der Waals surface area contributed by atoms with Crippen LogP contribution in [0.4, 0.5) is 5.69 Å². The van der Waals surface area contributed by atoms with Crippen LogP contribution in [0.3, 0.4) is 0 Å². The first kappa shape index (κ1) is 24.5. The fourth-order valence-corrected chi connectivity index (χ4v) is 4.35. The number of aliphatic imine (C=N–C) groups is 1. The molecule has 1 N–H and O–H groups in total. The second kappa shape index (κ2) is 12.8. The summed E-state index contributed by atoms with van der Waals surface area (Å²) in [7, 11) is 0.694. The minimum atomic E-state index is -1.02. The third-order valence-electron chi connectivity index (χ3n) is 4.88. The van der Waals surface area contributed by atoms with E-state index in [-0.39, 0.29) is 24.0 Å². The molecular formula is C22H31IN4O2S. The van der Waals surface area contributed by atoms with Crippen molar-refractivity contribution in [2.75, 3.05) is 57.0 Å². The van der Waals surface area contributed by atoms with Gasteiger partial charge in [-0.25, -0.2) is 0 Å². The Hall–Kier alpha value is -1.81. The quantitative estimate of drug-likeness (QED) is 0.331. The van der Waals surface area contributed by atoms with Gasteiger partial charge in [0, 0.05) is 43.4 Å². The highest BCUT2D eigenvalue weighted by atomic mass is 127. The average Bonchev–Trinajstić information content (AvgIpc) is 2.79. The van der Waals surface area contributed by atoms with E-state index in [0.717, 1.165) is 55.0 Å². The number of methoxy groups -OCH3 is 1. The number of para-hydroxylation sites is 2. The number of nitrogens with zero attached hydrogens (tertiary/aromatic N) is 3. The molecule has 0 radical (unpaired) electrons. The highest BCUT2D eigenvalue weighted by Crippen LogP contribution is 2.28. The number of anilines is 1. The Morgan fingerprint density at radius 2 is 1.73 bits per heavy atom. The molecule has 8 heteroatoms. The van der Waals surface area contributed by atoms with E-state index in [1.165, 1.54) is 0 Å². The number of guanidine groups is 1. The largest absolute Gasteiger partial charge is 0.495 e. The summed E-state index contributed by atoms with van der Waals surface area (Å²) >= 11 is 0. The topological polar surface area (TPSA) is 57.2 Å². The zero-order valence-electron chi connectivity index (χ0n) is 17.6. The Balaban J connectivity index is 0.00000320. The molecule has 1 fully saturated rings. The van der Waals surface area contributed by atoms with Crippen molar-refractivity contribution < 1.29 is 8.95 Å². The molecule has 0 spiro atoms. The van der Waals surface area contributed by atoms with Gasteiger partial charge in [-0.2, -0.15) is 0 Å². The lowest BCUT2D eigenvalue weighted by atomic mass is 10.2. The SMILES string of the molecule is CCNC(=NCCS(=O)c1ccccc1)N1CCN(c2ccccc2OC)CC1.I. The molecule has 0 aliphatic carbocycles. The molecule has 1 aliphatic rings. The number of hydrogen-bond acceptors (Lipinski definition) is 4. The van der Waals surface area contributed by atoms with Gasteiger partial charge in [0.15, 0.2) is 5.96 Å². The van der Waals surface area contributed by atoms with Gasteiger partial charge < -0.3 is 19.9 Å². The lowest BCUT2D eigenvalue weighted by molar-refractivity contribution is 0.367. The third-order valence-corrected chi connectivity index (χ3v) is 6.24. The first-order valence-electron chi connectivity index (χ1n) is 10.1. The molecule has 1 atom stereocenters. The maximum absolute atomic E-state index is 12.4. The second-order valence-electron chi connectivity index (χ2n) is 6.74. The van der Waals surface area contributed by atoms with Crippen LogP contribution in [0.25, 0.3) is 0 Å². The molecule has 0 amide bonds. The van der Waals surface area contributed by atoms with Crippen molar-refractivity contribution in [3.05, 3.63) is 54.6 Å². The Bertz CT molecular complexity index is 827. The summed E-state index contributed by atoms with van der Waals surface area (Å²) in [6, 6.07) is 17.7. The predicted octanol–water partition coefficient (Wildman–Crippen LogP) is 3.21. The van der Waals surface area contributed by atoms with E-state index in [9.17, 15) is 4.21 Å². The maximum Gasteiger partial charge on any atom is 0.194 e. The van der Waals surface area contributed by atoms with Gasteiger partial charge in [0.1, 0.15) is 5.75 Å². The molecule has 30 heavy (non-hydrogen) atoms. The van der Waals surface area contributed by atoms with E-state index in [4.69, 9.17) is 9.73 Å². The van der Waals surface area contributed by atoms with Crippen LogP contribution in [0.5, 0.6) is 5.75 Å². The first-order valence-corrected chi connectivity index (χ1v) is 11.4. The monoisotopic (exact) mass is 542 g/mol. The van der Waals surface area contributed by atoms with Crippen molar-refractivity contribution in [1.29, 1.82) is 0 Å². The highest BCUT2D eigenvalue weighted by molar-refractivity contribution is 14.0. The maximum atomic E-state index is 12.4. The molecule has 2 aromatic carbocycles. The molecule has 1 unspecified atom stereocenters. The van der Waals surface area contributed by atoms with Crippen LogP contribution in [0.15, 0.2) is 64.5 Å². The number of benzene rings is 2. The van der Waals surface area contributed by atoms with Crippen molar-refractivity contribution in [3.63, 3.8) is 0 Å². The summed E-state index contributed by atoms with van der Waals surface area (Å²) < 4.78 is 17.9. The Morgan fingerprint density at radius 1 is 1.07 bits per heavy atom. The van der Waals surface area contributed by atoms with Crippen molar-refractivity contribution in [1.82, 2.24) is 10.2 Å². The summed E-state index contributed by atoms with van der Waals surface area (Å²) in [6.07, 6.45) is 0. The van der Waals surface area contributed by atoms with Gasteiger partial charge in [0.25, 0.3) is 0 Å². The smallest absolute Gasteiger partial charge is 0.194 e. The van der Waals surface area contributed by atoms with E-state index in [1.807, 2.05) is 48.5 Å². The van der Waals surface area contributed by atoms with Crippen molar-refractivity contribution >= 4 is 46.4 Å². The highest BCUT2D eigenvalue weighted by Gasteiger charge is 2.21. The molecule has 1 saturated heterocycles. The molecule has 3 rings (SSSR count). The van der Waals surface area contributed by atoms with Crippen LogP contribution in [0.2, 0.25) is 0 Å². The second-order valence-corrected chi connectivity index (χ2v) is 8.31. The van der Waals surface area contributed by atoms with Crippen LogP contribution in [-0.4, -0.2) is 67.2 Å². The van der Waals surface area contributed by atoms with Gasteiger partial charge in [-0.05, 0) is 31.2 Å². The molecule has 6 nitrogen and oxygen atoms in total. The van der Waals surface area contributed by atoms with Gasteiger partial charge in [0.2, 0.25) is 0 Å². The van der Waals surface area contributed by atoms with E-state index in [0.29, 0.717) is 12.3 Å². The normalized spacial score (nSPS) is 15.3. The van der Waals surface area contributed by atoms with Gasteiger partial charge in [0.05, 0.1) is 30.1 Å². The van der Waals surface area contributed by atoms with Crippen LogP contribution < -0.4 is 15.0 Å². The van der Waals surface area contributed by atoms with Crippen LogP contribution in [-0.2, 0) is 10.8 Å². The number of halogens is 1. The van der Waals surface area contributed by atoms with Gasteiger partial charge >= 0.3 is 0 Å². The van der Waals surface area contributed by atoms with Crippen LogP contribution >= 0.6 is 24.0 Å². The number of nitrogens with one attached hydrogen (secondary N) is 1. The fourth-order valence-electron chi connectivity index (χ4n) is 3.40. The van der Waals surface area contributed by atoms with Gasteiger partial charge in [-0.1, -0.05) is 30.3 Å². The first-order chi connectivity index (χ1) is 14.2. The zero-order valence-corrected chi connectivity index (χ0v) is 20.8. The number of ether oxygens (including phenoxy) is 1. The van der Waals surface area contributed by atoms with E-state index >= 15 is 0 Å². The summed E-state index contributed by atoms with van der Waals surface area (Å²) in [5.41, 5.74) is 1.13. The molecule has 2 aromatic rings. The Labute approximate surface area is 199 Å². The Kier molecular flexibility index (Phi) is 10.4. The average molecular weight is 542 g/mol. The van der Waals surface area contributed by atoms with Crippen molar-refractivity contribution in [3.8, 4) is 5.75 Å². The van der Waals surface area contributed by atoms with Gasteiger partial charge in [-0.15, -0.1) is 24.0 Å². The van der Waals surface area contributed by atoms with Crippen molar-refractivity contribution in [2.45, 2.75) is 11.8 Å². The number of rotatable bonds is 7. The minimum absolute atomic E-state index is 0. The fraction of sp³-hybridized carbons (Fsp3) is 0.409. The molecule has 164 valence electrons. The molecule has 1 heterocycles. The summed E-state index contributed by atoms with van der Waals surface area (Å²) in [5, 5.41) is 3.38. The summed E-state index contributed by atoms with van der Waals surface area (Å²) in [6.45, 7) is 6.99. The van der Waals surface area contributed by atoms with Gasteiger partial charge in [-0.3, -0.25) is 9.20 Å². The van der Waals surface area contributed by atoms with E-state index < -0.39 is 10.8 Å². The van der Waals surface area contributed by atoms with E-state index in [2.05, 4.69) is 28.1 Å². The third kappa shape index (κ3) is 6.60. The molecular weight excluding hydrogens is 511 g/mol. The summed E-state index contributed by atoms with van der Waals surface area (Å²) in [4.78, 5) is 10.2. The molecule has 0 saturated carbocycles. The molecule has 1 aliphatic heterocycles. The van der Waals surface area contributed by atoms with Crippen LogP contribution in [0, 0.1) is 0 Å². The van der Waals surface area contributed by atoms with Crippen LogP contribution in [0.1, 0.15) is 6.92 Å². The molecule has 0 aromatic heterocycles. The number of piperazine rings is 1.